The number of rotatable bonds is 4. The van der Waals surface area contributed by atoms with Gasteiger partial charge in [0.25, 0.3) is 6.47 Å². The molecule has 4 rings (SSSR count). The van der Waals surface area contributed by atoms with Gasteiger partial charge < -0.3 is 14.6 Å². The molecule has 2 aromatic heterocycles. The molecule has 4 heterocycles. The molecule has 0 radical (unpaired) electrons. The van der Waals surface area contributed by atoms with Crippen molar-refractivity contribution in [2.75, 3.05) is 24.5 Å². The van der Waals surface area contributed by atoms with Crippen LogP contribution >= 0.6 is 11.3 Å². The van der Waals surface area contributed by atoms with Gasteiger partial charge >= 0.3 is 0 Å². The van der Waals surface area contributed by atoms with Gasteiger partial charge in [-0.05, 0) is 19.3 Å². The van der Waals surface area contributed by atoms with E-state index in [1.807, 2.05) is 23.4 Å². The quantitative estimate of drug-likeness (QED) is 0.693. The molecule has 0 aromatic carbocycles. The van der Waals surface area contributed by atoms with E-state index in [-0.39, 0.29) is 30.6 Å². The van der Waals surface area contributed by atoms with Crippen molar-refractivity contribution in [3.8, 4) is 0 Å². The molecule has 30 heavy (non-hydrogen) atoms. The van der Waals surface area contributed by atoms with E-state index in [2.05, 4.69) is 20.4 Å². The van der Waals surface area contributed by atoms with Gasteiger partial charge in [0.05, 0.1) is 5.92 Å². The molecule has 11 nitrogen and oxygen atoms in total. The lowest BCUT2D eigenvalue weighted by Gasteiger charge is -2.33. The monoisotopic (exact) mass is 435 g/mol. The molecular formula is C18H25N7O4S. The maximum Gasteiger partial charge on any atom is 0.290 e. The highest BCUT2D eigenvalue weighted by molar-refractivity contribution is 7.15. The molecule has 0 aliphatic carbocycles. The van der Waals surface area contributed by atoms with E-state index >= 15 is 0 Å². The molecule has 12 heteroatoms. The molecule has 1 unspecified atom stereocenters. The zero-order valence-electron chi connectivity index (χ0n) is 17.0. The van der Waals surface area contributed by atoms with Crippen molar-refractivity contribution < 1.29 is 19.5 Å². The Hall–Kier alpha value is -2.89. The molecule has 162 valence electrons. The fourth-order valence-corrected chi connectivity index (χ4v) is 4.64. The maximum atomic E-state index is 12.9. The predicted molar refractivity (Wildman–Crippen MR) is 108 cm³/mol. The molecule has 0 bridgehead atoms. The molecule has 2 aliphatic heterocycles. The van der Waals surface area contributed by atoms with E-state index in [9.17, 15) is 9.59 Å². The Morgan fingerprint density at radius 1 is 1.30 bits per heavy atom. The second-order valence-corrected chi connectivity index (χ2v) is 8.28. The lowest BCUT2D eigenvalue weighted by Crippen LogP contribution is -2.42. The molecule has 2 amide bonds. The first kappa shape index (κ1) is 21.8. The summed E-state index contributed by atoms with van der Waals surface area (Å²) in [5.41, 5.74) is 0. The summed E-state index contributed by atoms with van der Waals surface area (Å²) in [6, 6.07) is 0. The fraction of sp³-hybridized carbons (Fsp3) is 0.611. The number of anilines is 1. The molecule has 0 saturated carbocycles. The average Bonchev–Trinajstić information content (AvgIpc) is 3.47. The van der Waals surface area contributed by atoms with E-state index in [0.29, 0.717) is 30.7 Å². The van der Waals surface area contributed by atoms with Crippen LogP contribution in [0.5, 0.6) is 0 Å². The first-order valence-corrected chi connectivity index (χ1v) is 10.6. The Kier molecular flexibility index (Phi) is 7.08. The number of piperidine rings is 1. The third-order valence-electron chi connectivity index (χ3n) is 5.38. The zero-order chi connectivity index (χ0) is 21.7. The lowest BCUT2D eigenvalue weighted by molar-refractivity contribution is -0.136. The number of amides is 2. The Balaban J connectivity index is 0.000000806. The molecule has 2 aliphatic rings. The third kappa shape index (κ3) is 4.64. The molecule has 1 N–H and O–H groups in total. The molecular weight excluding hydrogens is 410 g/mol. The third-order valence-corrected chi connectivity index (χ3v) is 6.47. The minimum Gasteiger partial charge on any atom is -0.483 e. The maximum absolute atomic E-state index is 12.9. The van der Waals surface area contributed by atoms with E-state index < -0.39 is 0 Å². The van der Waals surface area contributed by atoms with Crippen LogP contribution in [0.25, 0.3) is 0 Å². The molecule has 2 saturated heterocycles. The smallest absolute Gasteiger partial charge is 0.290 e. The van der Waals surface area contributed by atoms with Crippen LogP contribution < -0.4 is 4.90 Å². The van der Waals surface area contributed by atoms with Crippen molar-refractivity contribution in [3.05, 3.63) is 17.2 Å². The number of aromatic nitrogens is 5. The van der Waals surface area contributed by atoms with Crippen molar-refractivity contribution in [1.82, 2.24) is 29.9 Å². The van der Waals surface area contributed by atoms with Crippen LogP contribution in [0.4, 0.5) is 5.13 Å². The normalized spacial score (nSPS) is 19.5. The van der Waals surface area contributed by atoms with Gasteiger partial charge in [0.2, 0.25) is 16.9 Å². The number of carboxylic acid groups (broad SMARTS) is 1. The van der Waals surface area contributed by atoms with Crippen LogP contribution in [-0.4, -0.2) is 72.9 Å². The number of hydrogen-bond donors (Lipinski definition) is 1. The van der Waals surface area contributed by atoms with Crippen molar-refractivity contribution >= 4 is 34.8 Å². The summed E-state index contributed by atoms with van der Waals surface area (Å²) in [5.74, 6) is 1.05. The van der Waals surface area contributed by atoms with Gasteiger partial charge in [0.15, 0.2) is 0 Å². The van der Waals surface area contributed by atoms with Gasteiger partial charge in [-0.3, -0.25) is 19.3 Å². The molecule has 2 fully saturated rings. The highest BCUT2D eigenvalue weighted by atomic mass is 32.1. The first-order chi connectivity index (χ1) is 14.5. The van der Waals surface area contributed by atoms with Crippen molar-refractivity contribution in [2.45, 2.75) is 38.5 Å². The number of hydrogen-bond acceptors (Lipinski definition) is 8. The minimum absolute atomic E-state index is 0.0406. The Morgan fingerprint density at radius 3 is 2.57 bits per heavy atom. The first-order valence-electron chi connectivity index (χ1n) is 9.81. The predicted octanol–water partition coefficient (Wildman–Crippen LogP) is 0.689. The lowest BCUT2D eigenvalue weighted by atomic mass is 9.94. The van der Waals surface area contributed by atoms with E-state index in [1.165, 1.54) is 11.3 Å². The summed E-state index contributed by atoms with van der Waals surface area (Å²) in [6.45, 7) is 3.55. The second-order valence-electron chi connectivity index (χ2n) is 7.24. The molecule has 1 atom stereocenters. The zero-order valence-corrected chi connectivity index (χ0v) is 17.8. The van der Waals surface area contributed by atoms with Crippen molar-refractivity contribution in [3.63, 3.8) is 0 Å². The average molecular weight is 436 g/mol. The number of carbonyl (C=O) groups excluding carboxylic acids is 2. The van der Waals surface area contributed by atoms with Gasteiger partial charge in [-0.1, -0.05) is 18.3 Å². The molecule has 0 spiro atoms. The summed E-state index contributed by atoms with van der Waals surface area (Å²) in [4.78, 5) is 37.2. The fourth-order valence-electron chi connectivity index (χ4n) is 3.83. The second kappa shape index (κ2) is 9.74. The summed E-state index contributed by atoms with van der Waals surface area (Å²) in [7, 11) is 1.95. The van der Waals surface area contributed by atoms with Gasteiger partial charge in [0, 0.05) is 39.0 Å². The Morgan fingerprint density at radius 2 is 2.00 bits per heavy atom. The minimum atomic E-state index is -0.294. The number of carbonyl (C=O) groups is 3. The van der Waals surface area contributed by atoms with Crippen molar-refractivity contribution in [2.24, 2.45) is 13.0 Å². The summed E-state index contributed by atoms with van der Waals surface area (Å²) < 4.78 is 1.95. The summed E-state index contributed by atoms with van der Waals surface area (Å²) in [5, 5.41) is 24.7. The van der Waals surface area contributed by atoms with Crippen LogP contribution in [0.2, 0.25) is 0 Å². The molecule has 2 aromatic rings. The van der Waals surface area contributed by atoms with E-state index in [4.69, 9.17) is 9.90 Å². The number of likely N-dealkylation sites (tertiary alicyclic amines) is 1. The highest BCUT2D eigenvalue weighted by Gasteiger charge is 2.39. The van der Waals surface area contributed by atoms with Gasteiger partial charge in [-0.25, -0.2) is 0 Å². The SMILES string of the molecule is CCc1nnc(N2CC(C(=O)N3CCC(c4nncn4C)CC3)CC2=O)s1.O=CO. The Labute approximate surface area is 177 Å². The highest BCUT2D eigenvalue weighted by Crippen LogP contribution is 2.31. The van der Waals surface area contributed by atoms with Crippen LogP contribution in [-0.2, 0) is 27.9 Å². The number of nitrogens with zero attached hydrogens (tertiary/aromatic N) is 7. The van der Waals surface area contributed by atoms with Crippen LogP contribution in [0.3, 0.4) is 0 Å². The summed E-state index contributed by atoms with van der Waals surface area (Å²) in [6.07, 6.45) is 4.51. The van der Waals surface area contributed by atoms with Gasteiger partial charge in [0.1, 0.15) is 17.2 Å². The number of aryl methyl sites for hydroxylation is 2. The van der Waals surface area contributed by atoms with Crippen LogP contribution in [0.1, 0.15) is 42.9 Å². The van der Waals surface area contributed by atoms with Crippen LogP contribution in [0.15, 0.2) is 6.33 Å². The van der Waals surface area contributed by atoms with E-state index in [1.54, 1.807) is 11.2 Å². The standard InChI is InChI=1S/C17H23N7O2S.CH2O2/c1-3-13-19-21-17(27-13)24-9-12(8-14(24)25)16(26)23-6-4-11(5-7-23)15-20-18-10-22(15)2;2-1-3/h10-12H,3-9H2,1-2H3;1H,(H,2,3). The van der Waals surface area contributed by atoms with E-state index in [0.717, 1.165) is 30.1 Å². The van der Waals surface area contributed by atoms with Gasteiger partial charge in [-0.2, -0.15) is 0 Å². The summed E-state index contributed by atoms with van der Waals surface area (Å²) >= 11 is 1.43. The topological polar surface area (TPSA) is 134 Å². The Bertz CT molecular complexity index is 891. The van der Waals surface area contributed by atoms with Crippen molar-refractivity contribution in [1.29, 1.82) is 0 Å². The van der Waals surface area contributed by atoms with Crippen LogP contribution in [0, 0.1) is 5.92 Å². The van der Waals surface area contributed by atoms with Gasteiger partial charge in [-0.15, -0.1) is 20.4 Å². The largest absolute Gasteiger partial charge is 0.483 e.